The molecular weight excluding hydrogens is 649 g/mol. The predicted octanol–water partition coefficient (Wildman–Crippen LogP) is 7.13. The van der Waals surface area contributed by atoms with E-state index in [2.05, 4.69) is 58.3 Å². The number of carbonyl (C=O) groups is 2. The summed E-state index contributed by atoms with van der Waals surface area (Å²) in [4.78, 5) is 27.1. The van der Waals surface area contributed by atoms with Gasteiger partial charge in [0.15, 0.2) is 9.84 Å². The zero-order chi connectivity index (χ0) is 36.7. The number of ether oxygens (including phenoxy) is 1. The Morgan fingerprint density at radius 2 is 1.58 bits per heavy atom. The van der Waals surface area contributed by atoms with Gasteiger partial charge in [0.25, 0.3) is 0 Å². The van der Waals surface area contributed by atoms with E-state index in [1.54, 1.807) is 13.8 Å². The Balaban J connectivity index is 1.21. The van der Waals surface area contributed by atoms with Crippen molar-refractivity contribution in [2.45, 2.75) is 138 Å². The minimum Gasteiger partial charge on any atom is -0.481 e. The van der Waals surface area contributed by atoms with Crippen molar-refractivity contribution in [1.29, 1.82) is 0 Å². The van der Waals surface area contributed by atoms with Crippen molar-refractivity contribution in [3.63, 3.8) is 0 Å². The minimum absolute atomic E-state index is 0.123. The Morgan fingerprint density at radius 1 is 0.900 bits per heavy atom. The van der Waals surface area contributed by atoms with Crippen molar-refractivity contribution in [1.82, 2.24) is 10.2 Å². The molecule has 0 aromatic rings. The first-order chi connectivity index (χ1) is 23.1. The maximum Gasteiger partial charge on any atom is 0.312 e. The summed E-state index contributed by atoms with van der Waals surface area (Å²) < 4.78 is 30.3. The number of sulfone groups is 1. The predicted molar refractivity (Wildman–Crippen MR) is 198 cm³/mol. The number of hydrogen-bond acceptors (Lipinski definition) is 7. The zero-order valence-electron chi connectivity index (χ0n) is 32.5. The number of nitrogens with one attached hydrogen (secondary N) is 1. The molecule has 0 unspecified atom stereocenters. The number of carboxylic acid groups (broad SMARTS) is 1. The van der Waals surface area contributed by atoms with Crippen molar-refractivity contribution in [3.8, 4) is 0 Å². The standard InChI is InChI=1S/C41H68N2O6S/c1-27(2)28-12-17-41(42-20-21-43-22-24-50(47,48)25-23-43)19-18-39(8)29(34(28)41)10-11-31-38(7)15-14-32(49-35(46)36(3,4)26-33(44)45)37(5,6)30(38)13-16-40(31,39)9/h28-32,34,42H,1,10-26H2,2-9H3,(H,44,45)/t28-,29+,30-,31+,32-,34+,38-,39+,40+,41-/m0/s1. The molecule has 1 aliphatic heterocycles. The van der Waals surface area contributed by atoms with Gasteiger partial charge < -0.3 is 20.1 Å². The van der Waals surface area contributed by atoms with Crippen molar-refractivity contribution >= 4 is 21.8 Å². The highest BCUT2D eigenvalue weighted by Gasteiger charge is 2.71. The van der Waals surface area contributed by atoms with Crippen LogP contribution in [0.4, 0.5) is 0 Å². The van der Waals surface area contributed by atoms with Gasteiger partial charge in [0.2, 0.25) is 0 Å². The van der Waals surface area contributed by atoms with Crippen LogP contribution in [0, 0.1) is 56.7 Å². The van der Waals surface area contributed by atoms with Gasteiger partial charge >= 0.3 is 11.9 Å². The summed E-state index contributed by atoms with van der Waals surface area (Å²) in [5, 5.41) is 13.6. The van der Waals surface area contributed by atoms with Crippen LogP contribution in [-0.4, -0.2) is 79.7 Å². The van der Waals surface area contributed by atoms with Crippen LogP contribution in [0.15, 0.2) is 12.2 Å². The molecule has 284 valence electrons. The van der Waals surface area contributed by atoms with Crippen LogP contribution in [0.2, 0.25) is 0 Å². The van der Waals surface area contributed by atoms with E-state index in [9.17, 15) is 23.1 Å². The van der Waals surface area contributed by atoms with Crippen LogP contribution in [0.1, 0.15) is 126 Å². The summed E-state index contributed by atoms with van der Waals surface area (Å²) in [7, 11) is -2.87. The average Bonchev–Trinajstić information content (AvgIpc) is 3.39. The molecule has 50 heavy (non-hydrogen) atoms. The molecule has 0 spiro atoms. The van der Waals surface area contributed by atoms with Gasteiger partial charge in [-0.1, -0.05) is 46.8 Å². The lowest BCUT2D eigenvalue weighted by molar-refractivity contribution is -0.247. The quantitative estimate of drug-likeness (QED) is 0.192. The second-order valence-corrected chi connectivity index (χ2v) is 22.3. The van der Waals surface area contributed by atoms with Gasteiger partial charge in [-0.25, -0.2) is 8.42 Å². The van der Waals surface area contributed by atoms with Crippen LogP contribution in [0.3, 0.4) is 0 Å². The van der Waals surface area contributed by atoms with Crippen molar-refractivity contribution in [3.05, 3.63) is 12.2 Å². The van der Waals surface area contributed by atoms with Crippen LogP contribution < -0.4 is 5.32 Å². The Hall–Kier alpha value is -1.45. The van der Waals surface area contributed by atoms with Gasteiger partial charge in [0.1, 0.15) is 6.10 Å². The van der Waals surface area contributed by atoms with E-state index < -0.39 is 21.2 Å². The summed E-state index contributed by atoms with van der Waals surface area (Å²) in [5.41, 5.74) is 0.825. The molecule has 0 amide bonds. The largest absolute Gasteiger partial charge is 0.481 e. The molecule has 5 saturated carbocycles. The molecule has 8 nitrogen and oxygen atoms in total. The second-order valence-electron chi connectivity index (χ2n) is 20.0. The van der Waals surface area contributed by atoms with Gasteiger partial charge in [-0.05, 0) is 131 Å². The van der Waals surface area contributed by atoms with E-state index in [0.29, 0.717) is 42.7 Å². The fourth-order valence-corrected chi connectivity index (χ4v) is 15.1. The van der Waals surface area contributed by atoms with E-state index in [4.69, 9.17) is 4.74 Å². The SMILES string of the molecule is C=C(C)[C@@H]1CC[C@]2(NCCN3CCS(=O)(=O)CC3)CC[C@]3(C)[C@H](CC[C@@H]4[C@@]5(C)CC[C@H](OC(=O)C(C)(C)CC(=O)O)C(C)(C)[C@@H]5CC[C@]43C)[C@@H]12. The first kappa shape index (κ1) is 38.3. The number of nitrogens with zero attached hydrogens (tertiary/aromatic N) is 1. The molecule has 2 N–H and O–H groups in total. The summed E-state index contributed by atoms with van der Waals surface area (Å²) in [5.74, 6) is 1.99. The van der Waals surface area contributed by atoms with Crippen LogP contribution in [0.25, 0.3) is 0 Å². The van der Waals surface area contributed by atoms with Gasteiger partial charge in [-0.2, -0.15) is 0 Å². The van der Waals surface area contributed by atoms with Gasteiger partial charge in [-0.15, -0.1) is 0 Å². The number of allylic oxidation sites excluding steroid dienone is 1. The van der Waals surface area contributed by atoms with Crippen LogP contribution in [0.5, 0.6) is 0 Å². The van der Waals surface area contributed by atoms with Crippen molar-refractivity contribution < 1.29 is 27.9 Å². The highest BCUT2D eigenvalue weighted by Crippen LogP contribution is 2.76. The number of carboxylic acids is 1. The Bertz CT molecular complexity index is 1460. The van der Waals surface area contributed by atoms with Crippen LogP contribution in [-0.2, 0) is 24.2 Å². The summed E-state index contributed by atoms with van der Waals surface area (Å²) in [6.07, 6.45) is 11.1. The molecule has 0 aromatic carbocycles. The van der Waals surface area contributed by atoms with Gasteiger partial charge in [0.05, 0.1) is 23.3 Å². The third-order valence-electron chi connectivity index (χ3n) is 16.7. The molecule has 6 rings (SSSR count). The van der Waals surface area contributed by atoms with E-state index >= 15 is 0 Å². The van der Waals surface area contributed by atoms with E-state index in [-0.39, 0.29) is 57.2 Å². The molecule has 0 bridgehead atoms. The number of esters is 1. The average molecular weight is 717 g/mol. The molecule has 6 fully saturated rings. The third-order valence-corrected chi connectivity index (χ3v) is 18.4. The number of hydrogen-bond donors (Lipinski definition) is 2. The summed E-state index contributed by atoms with van der Waals surface area (Å²) in [6.45, 7) is 25.9. The second kappa shape index (κ2) is 12.8. The molecule has 1 saturated heterocycles. The zero-order valence-corrected chi connectivity index (χ0v) is 33.4. The molecule has 0 radical (unpaired) electrons. The maximum atomic E-state index is 13.3. The summed E-state index contributed by atoms with van der Waals surface area (Å²) in [6, 6.07) is 0. The van der Waals surface area contributed by atoms with Crippen LogP contribution >= 0.6 is 0 Å². The summed E-state index contributed by atoms with van der Waals surface area (Å²) >= 11 is 0. The fraction of sp³-hybridized carbons (Fsp3) is 0.902. The molecule has 10 atom stereocenters. The van der Waals surface area contributed by atoms with Gasteiger partial charge in [-0.3, -0.25) is 9.59 Å². The minimum atomic E-state index is -2.87. The molecular formula is C41H68N2O6S. The maximum absolute atomic E-state index is 13.3. The van der Waals surface area contributed by atoms with Crippen molar-refractivity contribution in [2.75, 3.05) is 37.7 Å². The Labute approximate surface area is 303 Å². The topological polar surface area (TPSA) is 113 Å². The lowest BCUT2D eigenvalue weighted by Gasteiger charge is -2.73. The van der Waals surface area contributed by atoms with E-state index in [0.717, 1.165) is 32.4 Å². The Morgan fingerprint density at radius 3 is 2.22 bits per heavy atom. The number of fused-ring (bicyclic) bond motifs is 7. The third kappa shape index (κ3) is 6.13. The normalized spacial score (nSPS) is 43.8. The fourth-order valence-electron chi connectivity index (χ4n) is 13.8. The molecule has 1 heterocycles. The monoisotopic (exact) mass is 716 g/mol. The molecule has 0 aromatic heterocycles. The highest BCUT2D eigenvalue weighted by molar-refractivity contribution is 7.91. The van der Waals surface area contributed by atoms with E-state index in [1.165, 1.54) is 50.5 Å². The van der Waals surface area contributed by atoms with Crippen molar-refractivity contribution in [2.24, 2.45) is 56.7 Å². The first-order valence-corrected chi connectivity index (χ1v) is 21.7. The highest BCUT2D eigenvalue weighted by atomic mass is 32.2. The molecule has 9 heteroatoms. The Kier molecular flexibility index (Phi) is 9.84. The number of rotatable bonds is 9. The molecule has 6 aliphatic rings. The van der Waals surface area contributed by atoms with E-state index in [1.807, 2.05) is 0 Å². The van der Waals surface area contributed by atoms with Gasteiger partial charge in [0, 0.05) is 37.1 Å². The number of carbonyl (C=O) groups excluding carboxylic acids is 1. The smallest absolute Gasteiger partial charge is 0.312 e. The molecule has 5 aliphatic carbocycles. The lowest BCUT2D eigenvalue weighted by atomic mass is 9.32. The lowest BCUT2D eigenvalue weighted by Crippen LogP contribution is -2.69. The number of aliphatic carboxylic acids is 1. The first-order valence-electron chi connectivity index (χ1n) is 19.9.